The number of methoxy groups -OCH3 is 2. The van der Waals surface area contributed by atoms with Gasteiger partial charge in [0.2, 0.25) is 5.75 Å². The van der Waals surface area contributed by atoms with Crippen molar-refractivity contribution in [2.24, 2.45) is 5.92 Å². The van der Waals surface area contributed by atoms with E-state index in [9.17, 15) is 30.0 Å². The van der Waals surface area contributed by atoms with Gasteiger partial charge in [-0.2, -0.15) is 0 Å². The van der Waals surface area contributed by atoms with Crippen molar-refractivity contribution in [1.82, 2.24) is 0 Å². The molecule has 152 valence electrons. The summed E-state index contributed by atoms with van der Waals surface area (Å²) < 4.78 is 15.4. The van der Waals surface area contributed by atoms with E-state index in [1.165, 1.54) is 44.6 Å². The Morgan fingerprint density at radius 1 is 1.03 bits per heavy atom. The lowest BCUT2D eigenvalue weighted by Gasteiger charge is -2.15. The molecule has 0 aromatic heterocycles. The van der Waals surface area contributed by atoms with E-state index in [2.05, 4.69) is 0 Å². The third-order valence-corrected chi connectivity index (χ3v) is 4.53. The first kappa shape index (κ1) is 19.9. The maximum absolute atomic E-state index is 12.4. The molecule has 1 heterocycles. The molecule has 9 heteroatoms. The van der Waals surface area contributed by atoms with Crippen LogP contribution in [0.15, 0.2) is 35.9 Å². The molecule has 2 unspecified atom stereocenters. The van der Waals surface area contributed by atoms with E-state index < -0.39 is 29.7 Å². The summed E-state index contributed by atoms with van der Waals surface area (Å²) in [5, 5.41) is 38.9. The molecule has 2 atom stereocenters. The Hall–Kier alpha value is -3.88. The van der Waals surface area contributed by atoms with Gasteiger partial charge in [0.1, 0.15) is 12.0 Å². The summed E-state index contributed by atoms with van der Waals surface area (Å²) in [7, 11) is 2.67. The molecule has 1 aliphatic rings. The van der Waals surface area contributed by atoms with Crippen molar-refractivity contribution in [2.45, 2.75) is 6.10 Å². The highest BCUT2D eigenvalue weighted by Gasteiger charge is 2.45. The molecule has 0 aliphatic carbocycles. The van der Waals surface area contributed by atoms with Gasteiger partial charge in [-0.25, -0.2) is 4.79 Å². The second-order valence-corrected chi connectivity index (χ2v) is 6.26. The summed E-state index contributed by atoms with van der Waals surface area (Å²) in [6.07, 6.45) is 0.116. The van der Waals surface area contributed by atoms with Crippen LogP contribution in [0.25, 0.3) is 6.08 Å². The van der Waals surface area contributed by atoms with Crippen LogP contribution in [0.1, 0.15) is 17.2 Å². The van der Waals surface area contributed by atoms with E-state index in [-0.39, 0.29) is 34.1 Å². The highest BCUT2D eigenvalue weighted by molar-refractivity contribution is 6.02. The van der Waals surface area contributed by atoms with Crippen molar-refractivity contribution in [1.29, 1.82) is 0 Å². The zero-order valence-electron chi connectivity index (χ0n) is 15.4. The first-order valence-corrected chi connectivity index (χ1v) is 8.39. The topological polar surface area (TPSA) is 143 Å². The number of esters is 1. The summed E-state index contributed by atoms with van der Waals surface area (Å²) >= 11 is 0. The molecule has 0 amide bonds. The third kappa shape index (κ3) is 3.62. The smallest absolute Gasteiger partial charge is 0.335 e. The third-order valence-electron chi connectivity index (χ3n) is 4.53. The number of cyclic esters (lactones) is 1. The van der Waals surface area contributed by atoms with Crippen LogP contribution in [0.2, 0.25) is 0 Å². The van der Waals surface area contributed by atoms with Crippen LogP contribution in [0, 0.1) is 5.92 Å². The average Bonchev–Trinajstić information content (AvgIpc) is 3.01. The molecule has 9 nitrogen and oxygen atoms in total. The van der Waals surface area contributed by atoms with E-state index in [4.69, 9.17) is 14.2 Å². The Bertz CT molecular complexity index is 984. The van der Waals surface area contributed by atoms with Gasteiger partial charge in [-0.15, -0.1) is 0 Å². The quantitative estimate of drug-likeness (QED) is 0.336. The number of phenols is 3. The average molecular weight is 402 g/mol. The minimum Gasteiger partial charge on any atom is -0.504 e. The summed E-state index contributed by atoms with van der Waals surface area (Å²) in [5.74, 6) is -4.45. The Morgan fingerprint density at radius 3 is 2.17 bits per heavy atom. The van der Waals surface area contributed by atoms with E-state index >= 15 is 0 Å². The number of carbonyl (C=O) groups is 2. The molecule has 1 saturated heterocycles. The van der Waals surface area contributed by atoms with Crippen molar-refractivity contribution >= 4 is 18.0 Å². The van der Waals surface area contributed by atoms with Crippen molar-refractivity contribution in [2.75, 3.05) is 14.2 Å². The Kier molecular flexibility index (Phi) is 5.22. The summed E-state index contributed by atoms with van der Waals surface area (Å²) in [6, 6.07) is 6.50. The number of carbonyl (C=O) groups excluding carboxylic acids is 1. The second kappa shape index (κ2) is 7.63. The van der Waals surface area contributed by atoms with E-state index in [1.54, 1.807) is 0 Å². The van der Waals surface area contributed by atoms with Gasteiger partial charge in [0, 0.05) is 0 Å². The van der Waals surface area contributed by atoms with Crippen LogP contribution in [0.5, 0.6) is 28.7 Å². The zero-order valence-corrected chi connectivity index (χ0v) is 15.4. The van der Waals surface area contributed by atoms with E-state index in [0.29, 0.717) is 5.56 Å². The fraction of sp³-hybridized carbons (Fsp3) is 0.200. The molecule has 0 spiro atoms. The molecule has 0 radical (unpaired) electrons. The molecule has 2 aromatic carbocycles. The molecule has 3 rings (SSSR count). The van der Waals surface area contributed by atoms with Gasteiger partial charge < -0.3 is 34.6 Å². The molecule has 1 aliphatic heterocycles. The lowest BCUT2D eigenvalue weighted by molar-refractivity contribution is -0.144. The van der Waals surface area contributed by atoms with Crippen LogP contribution >= 0.6 is 0 Å². The molecule has 2 aromatic rings. The highest BCUT2D eigenvalue weighted by Crippen LogP contribution is 2.43. The van der Waals surface area contributed by atoms with Gasteiger partial charge in [0.15, 0.2) is 23.0 Å². The first-order valence-electron chi connectivity index (χ1n) is 8.39. The predicted molar refractivity (Wildman–Crippen MR) is 98.9 cm³/mol. The van der Waals surface area contributed by atoms with Crippen LogP contribution in [-0.4, -0.2) is 46.6 Å². The second-order valence-electron chi connectivity index (χ2n) is 6.26. The number of aliphatic carboxylic acids is 1. The number of rotatable bonds is 5. The van der Waals surface area contributed by atoms with Gasteiger partial charge in [0.25, 0.3) is 0 Å². The number of aromatic hydroxyl groups is 3. The molecule has 4 N–H and O–H groups in total. The highest BCUT2D eigenvalue weighted by atomic mass is 16.6. The van der Waals surface area contributed by atoms with E-state index in [1.807, 2.05) is 0 Å². The maximum Gasteiger partial charge on any atom is 0.335 e. The zero-order chi connectivity index (χ0) is 21.3. The summed E-state index contributed by atoms with van der Waals surface area (Å²) in [6.45, 7) is 0. The van der Waals surface area contributed by atoms with Crippen LogP contribution in [-0.2, 0) is 14.3 Å². The number of carboxylic acids is 1. The Labute approximate surface area is 165 Å². The van der Waals surface area contributed by atoms with Crippen molar-refractivity contribution < 1.29 is 44.2 Å². The minimum atomic E-state index is -1.36. The van der Waals surface area contributed by atoms with Gasteiger partial charge in [-0.05, 0) is 41.5 Å². The van der Waals surface area contributed by atoms with Crippen LogP contribution < -0.4 is 9.47 Å². The Morgan fingerprint density at radius 2 is 1.66 bits per heavy atom. The number of carboxylic acid groups (broad SMARTS) is 1. The van der Waals surface area contributed by atoms with Crippen LogP contribution in [0.3, 0.4) is 0 Å². The van der Waals surface area contributed by atoms with Crippen molar-refractivity contribution in [3.05, 3.63) is 47.0 Å². The normalized spacial score (nSPS) is 19.8. The summed E-state index contributed by atoms with van der Waals surface area (Å²) in [4.78, 5) is 24.3. The minimum absolute atomic E-state index is 0.0782. The van der Waals surface area contributed by atoms with Crippen LogP contribution in [0.4, 0.5) is 0 Å². The number of benzene rings is 2. The van der Waals surface area contributed by atoms with Crippen molar-refractivity contribution in [3.63, 3.8) is 0 Å². The lowest BCUT2D eigenvalue weighted by Crippen LogP contribution is -2.19. The number of phenolic OH excluding ortho intramolecular Hbond substituents is 3. The molecule has 0 bridgehead atoms. The molecular weight excluding hydrogens is 384 g/mol. The number of ether oxygens (including phenoxy) is 3. The predicted octanol–water partition coefficient (Wildman–Crippen LogP) is 2.20. The largest absolute Gasteiger partial charge is 0.504 e. The van der Waals surface area contributed by atoms with Gasteiger partial charge in [-0.1, -0.05) is 6.07 Å². The molecule has 29 heavy (non-hydrogen) atoms. The number of hydrogen-bond donors (Lipinski definition) is 4. The summed E-state index contributed by atoms with van der Waals surface area (Å²) in [5.41, 5.74) is 0.430. The first-order chi connectivity index (χ1) is 13.8. The monoisotopic (exact) mass is 402 g/mol. The SMILES string of the molecule is COc1cc(/C=C2/C(=O)OC(c3ccc(O)c(O)c3)C2C(=O)O)cc(OC)c1O. The molecule has 1 fully saturated rings. The maximum atomic E-state index is 12.4. The number of hydrogen-bond acceptors (Lipinski definition) is 8. The molecular formula is C20H18O9. The van der Waals surface area contributed by atoms with Gasteiger partial charge in [-0.3, -0.25) is 4.79 Å². The Balaban J connectivity index is 2.08. The lowest BCUT2D eigenvalue weighted by atomic mass is 9.90. The molecule has 0 saturated carbocycles. The van der Waals surface area contributed by atoms with Gasteiger partial charge >= 0.3 is 11.9 Å². The van der Waals surface area contributed by atoms with Gasteiger partial charge in [0.05, 0.1) is 19.8 Å². The van der Waals surface area contributed by atoms with E-state index in [0.717, 1.165) is 6.07 Å². The van der Waals surface area contributed by atoms with Crippen molar-refractivity contribution in [3.8, 4) is 28.7 Å². The fourth-order valence-corrected chi connectivity index (χ4v) is 3.11. The fourth-order valence-electron chi connectivity index (χ4n) is 3.11. The standard InChI is InChI=1S/C20H18O9/c1-27-14-6-9(7-15(28-2)17(14)23)5-11-16(19(24)25)18(29-20(11)26)10-3-4-12(21)13(22)8-10/h3-8,16,18,21-23H,1-2H3,(H,24,25)/b11-5+.